The van der Waals surface area contributed by atoms with E-state index >= 15 is 0 Å². The minimum atomic E-state index is -2.69. The van der Waals surface area contributed by atoms with Crippen LogP contribution in [0.5, 0.6) is 0 Å². The molecule has 0 aliphatic heterocycles. The van der Waals surface area contributed by atoms with Crippen LogP contribution in [-0.2, 0) is 0 Å². The Morgan fingerprint density at radius 1 is 1.35 bits per heavy atom. The van der Waals surface area contributed by atoms with E-state index in [-0.39, 0.29) is 0 Å². The largest absolute Gasteiger partial charge is 0.254 e. The van der Waals surface area contributed by atoms with E-state index in [0.29, 0.717) is 28.7 Å². The van der Waals surface area contributed by atoms with Crippen molar-refractivity contribution in [3.05, 3.63) is 27.8 Å². The summed E-state index contributed by atoms with van der Waals surface area (Å²) in [6.07, 6.45) is 7.93. The van der Waals surface area contributed by atoms with E-state index in [4.69, 9.17) is 0 Å². The molecule has 1 aliphatic carbocycles. The second-order valence-corrected chi connectivity index (χ2v) is 7.13. The Morgan fingerprint density at radius 3 is 2.26 bits per heavy atom. The van der Waals surface area contributed by atoms with E-state index in [1.54, 1.807) is 19.2 Å². The average Bonchev–Trinajstić information content (AvgIpc) is 2.39. The first-order valence-electron chi connectivity index (χ1n) is 8.23. The molecule has 2 nitrogen and oxygen atoms in total. The number of allylic oxidation sites excluding steroid dienone is 1. The van der Waals surface area contributed by atoms with Gasteiger partial charge in [0.15, 0.2) is 0 Å². The second-order valence-electron chi connectivity index (χ2n) is 6.31. The van der Waals surface area contributed by atoms with Gasteiger partial charge in [-0.1, -0.05) is 38.7 Å². The Balaban J connectivity index is 0.000000593. The number of unbranched alkanes of at least 4 members (excludes halogenated alkanes) is 1. The lowest BCUT2D eigenvalue weighted by molar-refractivity contribution is -0.124. The smallest absolute Gasteiger partial charge is 0.252 e. The Morgan fingerprint density at radius 2 is 1.91 bits per heavy atom. The first kappa shape index (κ1) is 20.2. The highest BCUT2D eigenvalue weighted by Gasteiger charge is 2.54. The molecule has 0 spiro atoms. The van der Waals surface area contributed by atoms with Crippen LogP contribution in [0, 0.1) is 12.3 Å². The summed E-state index contributed by atoms with van der Waals surface area (Å²) in [5, 5.41) is 0. The molecule has 0 saturated heterocycles. The van der Waals surface area contributed by atoms with Crippen molar-refractivity contribution in [1.82, 2.24) is 9.97 Å². The molecule has 1 heterocycles. The predicted molar refractivity (Wildman–Crippen MR) is 95.6 cm³/mol. The highest BCUT2D eigenvalue weighted by molar-refractivity contribution is 9.10. The van der Waals surface area contributed by atoms with Crippen molar-refractivity contribution < 1.29 is 8.78 Å². The minimum absolute atomic E-state index is 0.543. The Bertz CT molecular complexity index is 544. The van der Waals surface area contributed by atoms with Crippen molar-refractivity contribution >= 4 is 22.0 Å². The zero-order valence-electron chi connectivity index (χ0n) is 14.7. The lowest BCUT2D eigenvalue weighted by Gasteiger charge is -2.47. The van der Waals surface area contributed by atoms with Crippen molar-refractivity contribution in [2.24, 2.45) is 5.41 Å². The third-order valence-electron chi connectivity index (χ3n) is 4.61. The van der Waals surface area contributed by atoms with Crippen molar-refractivity contribution in [3.8, 4) is 0 Å². The molecule has 0 radical (unpaired) electrons. The normalized spacial score (nSPS) is 17.1. The van der Waals surface area contributed by atoms with Gasteiger partial charge in [0, 0.05) is 6.92 Å². The molecule has 1 fully saturated rings. The molecule has 0 unspecified atom stereocenters. The summed E-state index contributed by atoms with van der Waals surface area (Å²) in [5.41, 5.74) is 1.11. The monoisotopic (exact) mass is 388 g/mol. The third-order valence-corrected chi connectivity index (χ3v) is 4.99. The van der Waals surface area contributed by atoms with Crippen LogP contribution in [0.25, 0.3) is 6.08 Å². The summed E-state index contributed by atoms with van der Waals surface area (Å²) in [6, 6.07) is 0. The van der Waals surface area contributed by atoms with Gasteiger partial charge in [-0.15, -0.1) is 0 Å². The summed E-state index contributed by atoms with van der Waals surface area (Å²) in [5.74, 6) is -2.69. The van der Waals surface area contributed by atoms with Crippen LogP contribution in [0.3, 0.4) is 0 Å². The summed E-state index contributed by atoms with van der Waals surface area (Å²) in [4.78, 5) is 8.48. The molecule has 1 aromatic rings. The van der Waals surface area contributed by atoms with E-state index in [0.717, 1.165) is 19.0 Å². The summed E-state index contributed by atoms with van der Waals surface area (Å²) >= 11 is 3.24. The molecule has 130 valence electrons. The maximum Gasteiger partial charge on any atom is 0.254 e. The van der Waals surface area contributed by atoms with E-state index in [1.807, 2.05) is 6.92 Å². The number of nitrogens with zero attached hydrogens (tertiary/aromatic N) is 2. The molecular weight excluding hydrogens is 362 g/mol. The van der Waals surface area contributed by atoms with E-state index in [9.17, 15) is 8.78 Å². The Kier molecular flexibility index (Phi) is 7.30. The number of hydrogen-bond donors (Lipinski definition) is 0. The quantitative estimate of drug-likeness (QED) is 0.581. The number of alkyl halides is 2. The number of rotatable bonds is 4. The SMILES string of the molecule is C/C(=C\c1ncc(Br)nc1C)C1(C(C)(F)F)CCC1.CCCC. The standard InChI is InChI=1S/C14H17BrF2N2.C4H10/c1-9(14(5-4-6-14)13(3,16)17)7-11-10(2)19-12(15)8-18-11;1-3-4-2/h7-8H,4-6H2,1-3H3;3-4H2,1-2H3/b9-7+;. The first-order chi connectivity index (χ1) is 10.7. The predicted octanol–water partition coefficient (Wildman–Crippen LogP) is 6.58. The first-order valence-corrected chi connectivity index (χ1v) is 9.03. The molecule has 1 saturated carbocycles. The van der Waals surface area contributed by atoms with Crippen molar-refractivity contribution in [3.63, 3.8) is 0 Å². The highest BCUT2D eigenvalue weighted by atomic mass is 79.9. The van der Waals surface area contributed by atoms with Gasteiger partial charge in [-0.05, 0) is 48.7 Å². The molecule has 0 aromatic carbocycles. The minimum Gasteiger partial charge on any atom is -0.252 e. The summed E-state index contributed by atoms with van der Waals surface area (Å²) in [6.45, 7) is 8.98. The molecule has 1 aromatic heterocycles. The van der Waals surface area contributed by atoms with Crippen molar-refractivity contribution in [2.45, 2.75) is 72.6 Å². The van der Waals surface area contributed by atoms with E-state index in [1.165, 1.54) is 12.8 Å². The second kappa shape index (κ2) is 8.32. The number of aromatic nitrogens is 2. The van der Waals surface area contributed by atoms with Crippen molar-refractivity contribution in [2.75, 3.05) is 0 Å². The van der Waals surface area contributed by atoms with Crippen molar-refractivity contribution in [1.29, 1.82) is 0 Å². The molecular formula is C18H27BrF2N2. The molecule has 0 N–H and O–H groups in total. The fraction of sp³-hybridized carbons (Fsp3) is 0.667. The Hall–Kier alpha value is -0.840. The van der Waals surface area contributed by atoms with E-state index < -0.39 is 11.3 Å². The lowest BCUT2D eigenvalue weighted by atomic mass is 9.60. The van der Waals surface area contributed by atoms with Gasteiger partial charge in [0.25, 0.3) is 5.92 Å². The molecule has 2 rings (SSSR count). The Labute approximate surface area is 146 Å². The van der Waals surface area contributed by atoms with Crippen LogP contribution in [0.1, 0.15) is 71.2 Å². The summed E-state index contributed by atoms with van der Waals surface area (Å²) < 4.78 is 28.4. The van der Waals surface area contributed by atoms with Gasteiger partial charge in [0.1, 0.15) is 4.60 Å². The van der Waals surface area contributed by atoms with Gasteiger partial charge in [0.2, 0.25) is 0 Å². The maximum atomic E-state index is 13.9. The molecule has 0 bridgehead atoms. The fourth-order valence-electron chi connectivity index (χ4n) is 2.66. The van der Waals surface area contributed by atoms with Gasteiger partial charge < -0.3 is 0 Å². The van der Waals surface area contributed by atoms with Gasteiger partial charge >= 0.3 is 0 Å². The highest BCUT2D eigenvalue weighted by Crippen LogP contribution is 2.56. The molecule has 1 aliphatic rings. The topological polar surface area (TPSA) is 25.8 Å². The van der Waals surface area contributed by atoms with Crippen LogP contribution in [-0.4, -0.2) is 15.9 Å². The van der Waals surface area contributed by atoms with Gasteiger partial charge in [-0.25, -0.2) is 13.8 Å². The number of aryl methyl sites for hydroxylation is 1. The van der Waals surface area contributed by atoms with Gasteiger partial charge in [0.05, 0.1) is 23.0 Å². The van der Waals surface area contributed by atoms with Gasteiger partial charge in [-0.3, -0.25) is 4.98 Å². The van der Waals surface area contributed by atoms with Crippen LogP contribution >= 0.6 is 15.9 Å². The molecule has 5 heteroatoms. The lowest BCUT2D eigenvalue weighted by Crippen LogP contribution is -2.45. The summed E-state index contributed by atoms with van der Waals surface area (Å²) in [7, 11) is 0. The average molecular weight is 389 g/mol. The van der Waals surface area contributed by atoms with Crippen LogP contribution in [0.2, 0.25) is 0 Å². The molecule has 23 heavy (non-hydrogen) atoms. The maximum absolute atomic E-state index is 13.9. The fourth-order valence-corrected chi connectivity index (χ4v) is 3.03. The zero-order chi connectivity index (χ0) is 17.7. The number of halogens is 3. The van der Waals surface area contributed by atoms with Crippen LogP contribution in [0.4, 0.5) is 8.78 Å². The molecule has 0 atom stereocenters. The molecule has 0 amide bonds. The van der Waals surface area contributed by atoms with E-state index in [2.05, 4.69) is 39.7 Å². The number of hydrogen-bond acceptors (Lipinski definition) is 2. The van der Waals surface area contributed by atoms with Crippen LogP contribution in [0.15, 0.2) is 16.4 Å². The third kappa shape index (κ3) is 4.82. The van der Waals surface area contributed by atoms with Crippen LogP contribution < -0.4 is 0 Å². The zero-order valence-corrected chi connectivity index (χ0v) is 16.3. The van der Waals surface area contributed by atoms with Gasteiger partial charge in [-0.2, -0.15) is 0 Å².